The Hall–Kier alpha value is -1.30. The van der Waals surface area contributed by atoms with Crippen LogP contribution in [0.15, 0.2) is 0 Å². The van der Waals surface area contributed by atoms with Crippen molar-refractivity contribution in [1.82, 2.24) is 9.80 Å². The molecule has 0 aromatic carbocycles. The van der Waals surface area contributed by atoms with Crippen LogP contribution in [0.2, 0.25) is 0 Å². The van der Waals surface area contributed by atoms with Crippen LogP contribution in [-0.2, 0) is 9.53 Å². The molecule has 2 rings (SSSR count). The highest BCUT2D eigenvalue weighted by Crippen LogP contribution is 2.31. The molecule has 1 N–H and O–H groups in total. The SMILES string of the molecule is C[C@@H]1CCC[C@H](C)N1[C@@H]1C[C@H](C(=O)O)CN(C(=O)OC(C)(C)C)C1. The molecule has 6 heteroatoms. The Labute approximate surface area is 145 Å². The summed E-state index contributed by atoms with van der Waals surface area (Å²) in [6, 6.07) is 0.927. The van der Waals surface area contributed by atoms with E-state index in [-0.39, 0.29) is 12.6 Å². The highest BCUT2D eigenvalue weighted by molar-refractivity contribution is 5.73. The highest BCUT2D eigenvalue weighted by atomic mass is 16.6. The zero-order valence-electron chi connectivity index (χ0n) is 15.6. The Morgan fingerprint density at radius 3 is 2.17 bits per heavy atom. The number of carboxylic acids is 1. The van der Waals surface area contributed by atoms with Crippen LogP contribution in [0.1, 0.15) is 60.3 Å². The van der Waals surface area contributed by atoms with Gasteiger partial charge in [0.25, 0.3) is 0 Å². The number of nitrogens with zero attached hydrogens (tertiary/aromatic N) is 2. The number of likely N-dealkylation sites (tertiary alicyclic amines) is 2. The van der Waals surface area contributed by atoms with Crippen molar-refractivity contribution in [3.8, 4) is 0 Å². The maximum Gasteiger partial charge on any atom is 0.410 e. The maximum absolute atomic E-state index is 12.5. The number of hydrogen-bond donors (Lipinski definition) is 1. The van der Waals surface area contributed by atoms with Crippen LogP contribution in [0.3, 0.4) is 0 Å². The van der Waals surface area contributed by atoms with Crippen molar-refractivity contribution in [2.75, 3.05) is 13.1 Å². The van der Waals surface area contributed by atoms with Crippen molar-refractivity contribution in [2.24, 2.45) is 5.92 Å². The number of carboxylic acid groups (broad SMARTS) is 1. The zero-order valence-corrected chi connectivity index (χ0v) is 15.6. The quantitative estimate of drug-likeness (QED) is 0.837. The first-order valence-corrected chi connectivity index (χ1v) is 9.06. The van der Waals surface area contributed by atoms with Gasteiger partial charge < -0.3 is 14.7 Å². The fraction of sp³-hybridized carbons (Fsp3) is 0.889. The van der Waals surface area contributed by atoms with Gasteiger partial charge >= 0.3 is 12.1 Å². The molecule has 6 nitrogen and oxygen atoms in total. The van der Waals surface area contributed by atoms with E-state index >= 15 is 0 Å². The van der Waals surface area contributed by atoms with Gasteiger partial charge in [0.15, 0.2) is 0 Å². The van der Waals surface area contributed by atoms with E-state index in [1.165, 1.54) is 6.42 Å². The normalized spacial score (nSPS) is 32.5. The van der Waals surface area contributed by atoms with Gasteiger partial charge in [-0.05, 0) is 53.9 Å². The molecule has 0 saturated carbocycles. The van der Waals surface area contributed by atoms with Crippen molar-refractivity contribution in [2.45, 2.75) is 84.0 Å². The third kappa shape index (κ3) is 4.62. The monoisotopic (exact) mass is 340 g/mol. The summed E-state index contributed by atoms with van der Waals surface area (Å²) >= 11 is 0. The first-order valence-electron chi connectivity index (χ1n) is 9.06. The van der Waals surface area contributed by atoms with Crippen LogP contribution in [0.25, 0.3) is 0 Å². The average molecular weight is 340 g/mol. The summed E-state index contributed by atoms with van der Waals surface area (Å²) in [7, 11) is 0. The molecule has 138 valence electrons. The molecule has 0 spiro atoms. The smallest absolute Gasteiger partial charge is 0.410 e. The lowest BCUT2D eigenvalue weighted by atomic mass is 9.88. The largest absolute Gasteiger partial charge is 0.481 e. The number of aliphatic carboxylic acids is 1. The molecular formula is C18H32N2O4. The van der Waals surface area contributed by atoms with Gasteiger partial charge in [0, 0.05) is 31.2 Å². The minimum absolute atomic E-state index is 0.0812. The minimum Gasteiger partial charge on any atom is -0.481 e. The number of hydrogen-bond acceptors (Lipinski definition) is 4. The molecule has 4 atom stereocenters. The fourth-order valence-corrected chi connectivity index (χ4v) is 4.10. The van der Waals surface area contributed by atoms with Crippen molar-refractivity contribution in [3.63, 3.8) is 0 Å². The van der Waals surface area contributed by atoms with Crippen molar-refractivity contribution < 1.29 is 19.4 Å². The molecule has 1 amide bonds. The van der Waals surface area contributed by atoms with E-state index in [1.54, 1.807) is 4.90 Å². The molecule has 0 unspecified atom stereocenters. The summed E-state index contributed by atoms with van der Waals surface area (Å²) in [5.41, 5.74) is -0.575. The van der Waals surface area contributed by atoms with Crippen LogP contribution in [-0.4, -0.2) is 63.8 Å². The molecule has 0 aliphatic carbocycles. The molecule has 2 fully saturated rings. The van der Waals surface area contributed by atoms with E-state index in [9.17, 15) is 14.7 Å². The Bertz CT molecular complexity index is 464. The zero-order chi connectivity index (χ0) is 18.1. The average Bonchev–Trinajstić information content (AvgIpc) is 2.45. The maximum atomic E-state index is 12.5. The summed E-state index contributed by atoms with van der Waals surface area (Å²) in [5, 5.41) is 9.52. The Morgan fingerprint density at radius 1 is 1.08 bits per heavy atom. The van der Waals surface area contributed by atoms with Crippen molar-refractivity contribution in [1.29, 1.82) is 0 Å². The molecule has 0 aromatic rings. The van der Waals surface area contributed by atoms with Gasteiger partial charge in [-0.25, -0.2) is 4.79 Å². The first-order chi connectivity index (χ1) is 11.1. The summed E-state index contributed by atoms with van der Waals surface area (Å²) in [5.74, 6) is -1.36. The molecule has 2 saturated heterocycles. The van der Waals surface area contributed by atoms with Crippen LogP contribution in [0.5, 0.6) is 0 Å². The number of rotatable bonds is 2. The lowest BCUT2D eigenvalue weighted by Gasteiger charge is -2.48. The number of piperidine rings is 2. The van der Waals surface area contributed by atoms with Gasteiger partial charge in [0.05, 0.1) is 5.92 Å². The van der Waals surface area contributed by atoms with Gasteiger partial charge in [-0.1, -0.05) is 6.42 Å². The number of carbonyl (C=O) groups excluding carboxylic acids is 1. The second-order valence-electron chi connectivity index (χ2n) is 8.39. The van der Waals surface area contributed by atoms with Crippen molar-refractivity contribution in [3.05, 3.63) is 0 Å². The second kappa shape index (κ2) is 7.30. The predicted octanol–water partition coefficient (Wildman–Crippen LogP) is 2.96. The molecule has 2 heterocycles. The third-order valence-electron chi connectivity index (χ3n) is 5.11. The Kier molecular flexibility index (Phi) is 5.78. The molecule has 2 aliphatic rings. The molecule has 24 heavy (non-hydrogen) atoms. The Balaban J connectivity index is 2.16. The molecule has 2 aliphatic heterocycles. The molecular weight excluding hydrogens is 308 g/mol. The van der Waals surface area contributed by atoms with Gasteiger partial charge in [-0.15, -0.1) is 0 Å². The topological polar surface area (TPSA) is 70.1 Å². The van der Waals surface area contributed by atoms with Crippen LogP contribution >= 0.6 is 0 Å². The standard InChI is InChI=1S/C18H32N2O4/c1-12-7-6-8-13(2)20(12)15-9-14(16(21)22)10-19(11-15)17(23)24-18(3,4)5/h12-15H,6-11H2,1-5H3,(H,21,22)/t12-,13+,14-,15+/m0/s1. The van der Waals surface area contributed by atoms with Gasteiger partial charge in [0.2, 0.25) is 0 Å². The summed E-state index contributed by atoms with van der Waals surface area (Å²) in [6.07, 6.45) is 3.67. The van der Waals surface area contributed by atoms with Gasteiger partial charge in [-0.2, -0.15) is 0 Å². The van der Waals surface area contributed by atoms with Gasteiger partial charge in [0.1, 0.15) is 5.60 Å². The fourth-order valence-electron chi connectivity index (χ4n) is 4.10. The van der Waals surface area contributed by atoms with E-state index in [1.807, 2.05) is 20.8 Å². The lowest BCUT2D eigenvalue weighted by molar-refractivity contribution is -0.145. The summed E-state index contributed by atoms with van der Waals surface area (Å²) in [4.78, 5) is 28.1. The number of ether oxygens (including phenoxy) is 1. The summed E-state index contributed by atoms with van der Waals surface area (Å²) in [6.45, 7) is 10.7. The van der Waals surface area contributed by atoms with E-state index in [4.69, 9.17) is 4.74 Å². The second-order valence-corrected chi connectivity index (χ2v) is 8.39. The van der Waals surface area contributed by atoms with E-state index in [0.29, 0.717) is 25.0 Å². The molecule has 0 aromatic heterocycles. The highest BCUT2D eigenvalue weighted by Gasteiger charge is 2.41. The van der Waals surface area contributed by atoms with E-state index < -0.39 is 23.6 Å². The lowest BCUT2D eigenvalue weighted by Crippen LogP contribution is -2.59. The molecule has 0 bridgehead atoms. The van der Waals surface area contributed by atoms with Crippen LogP contribution in [0.4, 0.5) is 4.79 Å². The van der Waals surface area contributed by atoms with E-state index in [2.05, 4.69) is 18.7 Å². The van der Waals surface area contributed by atoms with E-state index in [0.717, 1.165) is 12.8 Å². The van der Waals surface area contributed by atoms with Crippen LogP contribution < -0.4 is 0 Å². The number of carbonyl (C=O) groups is 2. The minimum atomic E-state index is -0.828. The molecule has 0 radical (unpaired) electrons. The summed E-state index contributed by atoms with van der Waals surface area (Å²) < 4.78 is 5.47. The third-order valence-corrected chi connectivity index (χ3v) is 5.11. The van der Waals surface area contributed by atoms with Crippen LogP contribution in [0, 0.1) is 5.92 Å². The predicted molar refractivity (Wildman–Crippen MR) is 92.0 cm³/mol. The number of amides is 1. The van der Waals surface area contributed by atoms with Gasteiger partial charge in [-0.3, -0.25) is 9.69 Å². The van der Waals surface area contributed by atoms with Crippen molar-refractivity contribution >= 4 is 12.1 Å². The Morgan fingerprint density at radius 2 is 1.67 bits per heavy atom. The first kappa shape index (κ1) is 19.0.